The summed E-state index contributed by atoms with van der Waals surface area (Å²) in [6.45, 7) is 2.11. The molecule has 0 saturated heterocycles. The summed E-state index contributed by atoms with van der Waals surface area (Å²) in [7, 11) is 1.88. The number of carbonyl (C=O) groups is 1. The summed E-state index contributed by atoms with van der Waals surface area (Å²) >= 11 is 7.45. The molecular formula is C11H17NOS3. The van der Waals surface area contributed by atoms with Crippen molar-refractivity contribution in [1.29, 1.82) is 0 Å². The van der Waals surface area contributed by atoms with Crippen LogP contribution >= 0.6 is 35.7 Å². The number of thiophene rings is 1. The van der Waals surface area contributed by atoms with Gasteiger partial charge in [-0.2, -0.15) is 11.8 Å². The second kappa shape index (κ2) is 6.57. The molecule has 90 valence electrons. The van der Waals surface area contributed by atoms with Gasteiger partial charge in [-0.15, -0.1) is 24.0 Å². The average Bonchev–Trinajstić information content (AvgIpc) is 2.70. The van der Waals surface area contributed by atoms with E-state index >= 15 is 0 Å². The third kappa shape index (κ3) is 3.43. The predicted molar refractivity (Wildman–Crippen MR) is 76.1 cm³/mol. The minimum atomic E-state index is 0.103. The van der Waals surface area contributed by atoms with Crippen LogP contribution in [0.1, 0.15) is 23.0 Å². The quantitative estimate of drug-likeness (QED) is 0.833. The standard InChI is InChI=1S/C11H17NOS3/c1-4-8(6-15-3)12(2)11(13)10-5-9(14)7-16-10/h5,7-8,14H,4,6H2,1-3H3. The third-order valence-corrected chi connectivity index (χ3v) is 4.56. The lowest BCUT2D eigenvalue weighted by Crippen LogP contribution is -2.37. The highest BCUT2D eigenvalue weighted by Gasteiger charge is 2.20. The maximum absolute atomic E-state index is 12.1. The van der Waals surface area contributed by atoms with Crippen LogP contribution < -0.4 is 0 Å². The minimum Gasteiger partial charge on any atom is -0.337 e. The maximum atomic E-state index is 12.1. The molecule has 0 saturated carbocycles. The number of hydrogen-bond acceptors (Lipinski definition) is 4. The van der Waals surface area contributed by atoms with Crippen LogP contribution in [0.25, 0.3) is 0 Å². The first-order chi connectivity index (χ1) is 7.60. The fraction of sp³-hybridized carbons (Fsp3) is 0.545. The van der Waals surface area contributed by atoms with E-state index in [-0.39, 0.29) is 5.91 Å². The highest BCUT2D eigenvalue weighted by atomic mass is 32.2. The molecule has 0 aliphatic heterocycles. The summed E-state index contributed by atoms with van der Waals surface area (Å²) < 4.78 is 0. The Bertz CT molecular complexity index is 351. The zero-order valence-corrected chi connectivity index (χ0v) is 12.3. The van der Waals surface area contributed by atoms with Crippen molar-refractivity contribution in [2.24, 2.45) is 0 Å². The average molecular weight is 275 g/mol. The van der Waals surface area contributed by atoms with Crippen molar-refractivity contribution in [1.82, 2.24) is 4.90 Å². The number of nitrogens with zero attached hydrogens (tertiary/aromatic N) is 1. The van der Waals surface area contributed by atoms with Crippen molar-refractivity contribution in [3.63, 3.8) is 0 Å². The molecule has 0 aliphatic rings. The number of amides is 1. The molecule has 16 heavy (non-hydrogen) atoms. The highest BCUT2D eigenvalue weighted by molar-refractivity contribution is 7.98. The van der Waals surface area contributed by atoms with Gasteiger partial charge in [0, 0.05) is 29.1 Å². The zero-order valence-electron chi connectivity index (χ0n) is 9.77. The van der Waals surface area contributed by atoms with Gasteiger partial charge in [0.1, 0.15) is 0 Å². The van der Waals surface area contributed by atoms with Crippen LogP contribution in [0.4, 0.5) is 0 Å². The topological polar surface area (TPSA) is 20.3 Å². The first-order valence-corrected chi connectivity index (χ1v) is 7.85. The zero-order chi connectivity index (χ0) is 12.1. The summed E-state index contributed by atoms with van der Waals surface area (Å²) in [5.41, 5.74) is 0. The predicted octanol–water partition coefficient (Wildman–Crippen LogP) is 3.25. The second-order valence-electron chi connectivity index (χ2n) is 3.60. The van der Waals surface area contributed by atoms with E-state index in [2.05, 4.69) is 25.8 Å². The van der Waals surface area contributed by atoms with Crippen LogP contribution in [0.2, 0.25) is 0 Å². The van der Waals surface area contributed by atoms with Gasteiger partial charge < -0.3 is 4.90 Å². The molecule has 1 atom stereocenters. The lowest BCUT2D eigenvalue weighted by Gasteiger charge is -2.26. The minimum absolute atomic E-state index is 0.103. The smallest absolute Gasteiger partial charge is 0.263 e. The van der Waals surface area contributed by atoms with Crippen molar-refractivity contribution in [2.75, 3.05) is 19.1 Å². The fourth-order valence-corrected chi connectivity index (χ4v) is 3.45. The Morgan fingerprint density at radius 3 is 2.81 bits per heavy atom. The van der Waals surface area contributed by atoms with E-state index in [4.69, 9.17) is 0 Å². The maximum Gasteiger partial charge on any atom is 0.263 e. The van der Waals surface area contributed by atoms with Gasteiger partial charge >= 0.3 is 0 Å². The molecule has 1 amide bonds. The second-order valence-corrected chi connectivity index (χ2v) is 5.94. The monoisotopic (exact) mass is 275 g/mol. The van der Waals surface area contributed by atoms with Crippen molar-refractivity contribution in [3.8, 4) is 0 Å². The van der Waals surface area contributed by atoms with Crippen molar-refractivity contribution in [3.05, 3.63) is 16.3 Å². The molecule has 1 aromatic heterocycles. The molecular weight excluding hydrogens is 258 g/mol. The summed E-state index contributed by atoms with van der Waals surface area (Å²) in [6, 6.07) is 2.14. The van der Waals surface area contributed by atoms with E-state index in [9.17, 15) is 4.79 Å². The largest absolute Gasteiger partial charge is 0.337 e. The lowest BCUT2D eigenvalue weighted by molar-refractivity contribution is 0.0748. The highest BCUT2D eigenvalue weighted by Crippen LogP contribution is 2.20. The summed E-state index contributed by atoms with van der Waals surface area (Å²) in [5, 5.41) is 1.89. The van der Waals surface area contributed by atoms with E-state index in [0.717, 1.165) is 21.9 Å². The van der Waals surface area contributed by atoms with Crippen molar-refractivity contribution < 1.29 is 4.79 Å². The molecule has 1 aromatic rings. The van der Waals surface area contributed by atoms with Gasteiger partial charge in [-0.25, -0.2) is 0 Å². The molecule has 5 heteroatoms. The van der Waals surface area contributed by atoms with Gasteiger partial charge in [0.05, 0.1) is 4.88 Å². The van der Waals surface area contributed by atoms with E-state index in [0.29, 0.717) is 6.04 Å². The molecule has 0 radical (unpaired) electrons. The number of thiol groups is 1. The Morgan fingerprint density at radius 2 is 2.38 bits per heavy atom. The number of carbonyl (C=O) groups excluding carboxylic acids is 1. The molecule has 0 N–H and O–H groups in total. The van der Waals surface area contributed by atoms with Gasteiger partial charge in [0.2, 0.25) is 0 Å². The van der Waals surface area contributed by atoms with Crippen LogP contribution in [-0.2, 0) is 0 Å². The Balaban J connectivity index is 2.72. The van der Waals surface area contributed by atoms with Crippen LogP contribution in [0.5, 0.6) is 0 Å². The van der Waals surface area contributed by atoms with Crippen LogP contribution in [-0.4, -0.2) is 35.9 Å². The fourth-order valence-electron chi connectivity index (χ4n) is 1.47. The van der Waals surface area contributed by atoms with E-state index in [1.54, 1.807) is 11.8 Å². The van der Waals surface area contributed by atoms with Crippen LogP contribution in [0.15, 0.2) is 16.3 Å². The van der Waals surface area contributed by atoms with Crippen LogP contribution in [0.3, 0.4) is 0 Å². The molecule has 0 aliphatic carbocycles. The van der Waals surface area contributed by atoms with Gasteiger partial charge in [-0.05, 0) is 18.7 Å². The van der Waals surface area contributed by atoms with E-state index in [1.807, 2.05) is 23.4 Å². The Labute approximate surface area is 111 Å². The van der Waals surface area contributed by atoms with Crippen LogP contribution in [0, 0.1) is 0 Å². The van der Waals surface area contributed by atoms with E-state index in [1.165, 1.54) is 11.3 Å². The summed E-state index contributed by atoms with van der Waals surface area (Å²) in [5.74, 6) is 1.09. The number of thioether (sulfide) groups is 1. The summed E-state index contributed by atoms with van der Waals surface area (Å²) in [6.07, 6.45) is 3.06. The normalized spacial score (nSPS) is 12.5. The number of hydrogen-bond donors (Lipinski definition) is 1. The Kier molecular flexibility index (Phi) is 5.72. The molecule has 1 unspecified atom stereocenters. The molecule has 1 rings (SSSR count). The Hall–Kier alpha value is -0.130. The van der Waals surface area contributed by atoms with Crippen molar-refractivity contribution >= 4 is 41.6 Å². The number of rotatable bonds is 5. The SMILES string of the molecule is CCC(CSC)N(C)C(=O)c1cc(S)cs1. The van der Waals surface area contributed by atoms with Gasteiger partial charge in [-0.1, -0.05) is 6.92 Å². The molecule has 2 nitrogen and oxygen atoms in total. The molecule has 1 heterocycles. The summed E-state index contributed by atoms with van der Waals surface area (Å²) in [4.78, 5) is 15.6. The van der Waals surface area contributed by atoms with Gasteiger partial charge in [0.15, 0.2) is 0 Å². The lowest BCUT2D eigenvalue weighted by atomic mass is 10.2. The first-order valence-electron chi connectivity index (χ1n) is 5.13. The Morgan fingerprint density at radius 1 is 1.69 bits per heavy atom. The van der Waals surface area contributed by atoms with Crippen molar-refractivity contribution in [2.45, 2.75) is 24.3 Å². The third-order valence-electron chi connectivity index (χ3n) is 2.49. The molecule has 0 spiro atoms. The van der Waals surface area contributed by atoms with Gasteiger partial charge in [0.25, 0.3) is 5.91 Å². The first kappa shape index (κ1) is 13.9. The molecule has 0 fully saturated rings. The van der Waals surface area contributed by atoms with E-state index < -0.39 is 0 Å². The molecule has 0 aromatic carbocycles. The van der Waals surface area contributed by atoms with Gasteiger partial charge in [-0.3, -0.25) is 4.79 Å². The molecule has 0 bridgehead atoms.